The molecule has 1 heterocycles. The van der Waals surface area contributed by atoms with Crippen LogP contribution in [0.15, 0.2) is 53.8 Å². The van der Waals surface area contributed by atoms with E-state index in [1.165, 1.54) is 11.1 Å². The van der Waals surface area contributed by atoms with Crippen LogP contribution in [0.5, 0.6) is 11.5 Å². The van der Waals surface area contributed by atoms with Gasteiger partial charge < -0.3 is 10.2 Å². The van der Waals surface area contributed by atoms with Crippen LogP contribution in [0.4, 0.5) is 0 Å². The summed E-state index contributed by atoms with van der Waals surface area (Å²) in [7, 11) is 0. The first kappa shape index (κ1) is 22.7. The maximum Gasteiger partial charge on any atom is 0.132 e. The molecule has 0 saturated heterocycles. The zero-order valence-corrected chi connectivity index (χ0v) is 18.3. The lowest BCUT2D eigenvalue weighted by Gasteiger charge is -2.16. The monoisotopic (exact) mass is 393 g/mol. The molecule has 0 aliphatic heterocycles. The lowest BCUT2D eigenvalue weighted by atomic mass is 9.93. The van der Waals surface area contributed by atoms with Gasteiger partial charge in [-0.3, -0.25) is 4.98 Å². The van der Waals surface area contributed by atoms with Gasteiger partial charge in [-0.05, 0) is 76.6 Å². The van der Waals surface area contributed by atoms with Crippen molar-refractivity contribution in [2.75, 3.05) is 0 Å². The fourth-order valence-electron chi connectivity index (χ4n) is 3.48. The lowest BCUT2D eigenvalue weighted by Crippen LogP contribution is -1.97. The molecular formula is C26H35NO2. The van der Waals surface area contributed by atoms with Crippen molar-refractivity contribution in [3.8, 4) is 22.8 Å². The fraction of sp³-hybridized carbons (Fsp3) is 0.423. The van der Waals surface area contributed by atoms with Crippen LogP contribution in [0.3, 0.4) is 0 Å². The van der Waals surface area contributed by atoms with Crippen molar-refractivity contribution in [3.63, 3.8) is 0 Å². The molecule has 0 atom stereocenters. The van der Waals surface area contributed by atoms with Crippen LogP contribution >= 0.6 is 0 Å². The molecule has 3 nitrogen and oxygen atoms in total. The quantitative estimate of drug-likeness (QED) is 0.333. The van der Waals surface area contributed by atoms with E-state index < -0.39 is 0 Å². The molecule has 0 aliphatic carbocycles. The van der Waals surface area contributed by atoms with Crippen molar-refractivity contribution in [2.45, 2.75) is 72.6 Å². The Bertz CT molecular complexity index is 847. The molecule has 0 bridgehead atoms. The molecule has 2 N–H and O–H groups in total. The number of nitrogens with zero attached hydrogens (tertiary/aromatic N) is 1. The van der Waals surface area contributed by atoms with Gasteiger partial charge in [0.1, 0.15) is 11.5 Å². The molecule has 29 heavy (non-hydrogen) atoms. The summed E-state index contributed by atoms with van der Waals surface area (Å²) in [5.41, 5.74) is 5.62. The fourth-order valence-corrected chi connectivity index (χ4v) is 3.48. The summed E-state index contributed by atoms with van der Waals surface area (Å²) in [5, 5.41) is 21.7. The highest BCUT2D eigenvalue weighted by Crippen LogP contribution is 2.40. The topological polar surface area (TPSA) is 53.4 Å². The smallest absolute Gasteiger partial charge is 0.132 e. The molecule has 3 heteroatoms. The third-order valence-corrected chi connectivity index (χ3v) is 5.18. The molecule has 1 aromatic heterocycles. The van der Waals surface area contributed by atoms with Gasteiger partial charge in [0, 0.05) is 17.3 Å². The summed E-state index contributed by atoms with van der Waals surface area (Å²) < 4.78 is 0. The predicted molar refractivity (Wildman–Crippen MR) is 122 cm³/mol. The Kier molecular flexibility index (Phi) is 8.98. The van der Waals surface area contributed by atoms with Gasteiger partial charge in [0.2, 0.25) is 0 Å². The maximum atomic E-state index is 11.1. The van der Waals surface area contributed by atoms with E-state index in [1.54, 1.807) is 6.20 Å². The van der Waals surface area contributed by atoms with Gasteiger partial charge in [-0.25, -0.2) is 0 Å². The third kappa shape index (κ3) is 6.77. The Hall–Kier alpha value is -2.55. The van der Waals surface area contributed by atoms with E-state index in [2.05, 4.69) is 44.8 Å². The number of aryl methyl sites for hydroxylation is 1. The van der Waals surface area contributed by atoms with Crippen molar-refractivity contribution in [1.82, 2.24) is 4.98 Å². The molecule has 156 valence electrons. The minimum atomic E-state index is 0.156. The summed E-state index contributed by atoms with van der Waals surface area (Å²) in [4.78, 5) is 4.46. The largest absolute Gasteiger partial charge is 0.508 e. The normalized spacial score (nSPS) is 11.5. The third-order valence-electron chi connectivity index (χ3n) is 5.18. The highest BCUT2D eigenvalue weighted by molar-refractivity contribution is 5.75. The molecule has 2 rings (SSSR count). The number of phenolic OH excluding ortho intramolecular Hbond substituents is 2. The SMILES string of the molecule is CCCCCc1cc(O)c(CC=C(C)CCC=C(C)C)c(O)c1-c1ccccn1. The van der Waals surface area contributed by atoms with E-state index in [9.17, 15) is 10.2 Å². The summed E-state index contributed by atoms with van der Waals surface area (Å²) in [6.07, 6.45) is 12.7. The van der Waals surface area contributed by atoms with Crippen LogP contribution in [0, 0.1) is 0 Å². The molecule has 0 saturated carbocycles. The average Bonchev–Trinajstić information content (AvgIpc) is 2.68. The van der Waals surface area contributed by atoms with E-state index in [1.807, 2.05) is 24.3 Å². The van der Waals surface area contributed by atoms with Gasteiger partial charge in [0.15, 0.2) is 0 Å². The molecule has 0 fully saturated rings. The molecule has 0 radical (unpaired) electrons. The molecular weight excluding hydrogens is 358 g/mol. The molecule has 0 aliphatic rings. The Morgan fingerprint density at radius 1 is 1.07 bits per heavy atom. The lowest BCUT2D eigenvalue weighted by molar-refractivity contribution is 0.440. The minimum Gasteiger partial charge on any atom is -0.508 e. The number of phenols is 2. The number of unbranched alkanes of at least 4 members (excludes halogenated alkanes) is 2. The Balaban J connectivity index is 2.34. The standard InChI is InChI=1S/C26H35NO2/c1-5-6-7-13-21-18-24(28)22(16-15-20(4)12-10-11-19(2)3)26(29)25(21)23-14-8-9-17-27-23/h8-9,11,14-15,17-18,28-29H,5-7,10,12-13,16H2,1-4H3. The average molecular weight is 394 g/mol. The second-order valence-corrected chi connectivity index (χ2v) is 8.00. The maximum absolute atomic E-state index is 11.1. The minimum absolute atomic E-state index is 0.156. The number of hydrogen-bond donors (Lipinski definition) is 2. The van der Waals surface area contributed by atoms with E-state index >= 15 is 0 Å². The predicted octanol–water partition coefficient (Wildman–Crippen LogP) is 7.13. The molecule has 0 unspecified atom stereocenters. The molecule has 0 amide bonds. The van der Waals surface area contributed by atoms with Crippen LogP contribution in [0.2, 0.25) is 0 Å². The molecule has 0 spiro atoms. The number of aromatic nitrogens is 1. The van der Waals surface area contributed by atoms with Crippen LogP contribution in [-0.2, 0) is 12.8 Å². The van der Waals surface area contributed by atoms with E-state index in [4.69, 9.17) is 0 Å². The van der Waals surface area contributed by atoms with Gasteiger partial charge in [-0.2, -0.15) is 0 Å². The number of rotatable bonds is 10. The van der Waals surface area contributed by atoms with Gasteiger partial charge in [0.25, 0.3) is 0 Å². The Morgan fingerprint density at radius 3 is 2.52 bits per heavy atom. The van der Waals surface area contributed by atoms with Crippen molar-refractivity contribution in [1.29, 1.82) is 0 Å². The van der Waals surface area contributed by atoms with Crippen molar-refractivity contribution >= 4 is 0 Å². The van der Waals surface area contributed by atoms with Crippen molar-refractivity contribution in [3.05, 3.63) is 64.9 Å². The summed E-state index contributed by atoms with van der Waals surface area (Å²) >= 11 is 0. The first-order chi connectivity index (χ1) is 13.9. The van der Waals surface area contributed by atoms with E-state index in [-0.39, 0.29) is 11.5 Å². The highest BCUT2D eigenvalue weighted by atomic mass is 16.3. The second-order valence-electron chi connectivity index (χ2n) is 8.00. The summed E-state index contributed by atoms with van der Waals surface area (Å²) in [5.74, 6) is 0.325. The number of benzene rings is 1. The van der Waals surface area contributed by atoms with Crippen molar-refractivity contribution in [2.24, 2.45) is 0 Å². The summed E-state index contributed by atoms with van der Waals surface area (Å²) in [6.45, 7) is 8.49. The van der Waals surface area contributed by atoms with Crippen molar-refractivity contribution < 1.29 is 10.2 Å². The van der Waals surface area contributed by atoms with Crippen LogP contribution in [0.25, 0.3) is 11.3 Å². The highest BCUT2D eigenvalue weighted by Gasteiger charge is 2.19. The van der Waals surface area contributed by atoms with Crippen LogP contribution < -0.4 is 0 Å². The number of pyridine rings is 1. The first-order valence-electron chi connectivity index (χ1n) is 10.7. The second kappa shape index (κ2) is 11.5. The zero-order valence-electron chi connectivity index (χ0n) is 18.3. The van der Waals surface area contributed by atoms with Gasteiger partial charge in [-0.15, -0.1) is 0 Å². The Labute approximate surface area is 175 Å². The molecule has 1 aromatic carbocycles. The number of allylic oxidation sites excluding steroid dienone is 4. The van der Waals surface area contributed by atoms with Gasteiger partial charge in [0.05, 0.1) is 5.69 Å². The van der Waals surface area contributed by atoms with E-state index in [0.717, 1.165) is 55.3 Å². The van der Waals surface area contributed by atoms with E-state index in [0.29, 0.717) is 12.0 Å². The first-order valence-corrected chi connectivity index (χ1v) is 10.7. The summed E-state index contributed by atoms with van der Waals surface area (Å²) in [6, 6.07) is 7.54. The number of hydrogen-bond acceptors (Lipinski definition) is 3. The van der Waals surface area contributed by atoms with Crippen LogP contribution in [0.1, 0.15) is 70.9 Å². The van der Waals surface area contributed by atoms with Gasteiger partial charge >= 0.3 is 0 Å². The molecule has 2 aromatic rings. The van der Waals surface area contributed by atoms with Gasteiger partial charge in [-0.1, -0.05) is 49.1 Å². The van der Waals surface area contributed by atoms with Crippen LogP contribution in [-0.4, -0.2) is 15.2 Å². The number of aromatic hydroxyl groups is 2. The zero-order chi connectivity index (χ0) is 21.2. The Morgan fingerprint density at radius 2 is 1.86 bits per heavy atom.